The van der Waals surface area contributed by atoms with Gasteiger partial charge in [-0.3, -0.25) is 33.6 Å². The summed E-state index contributed by atoms with van der Waals surface area (Å²) in [5, 5.41) is 14.1. The van der Waals surface area contributed by atoms with Crippen LogP contribution in [0, 0.1) is 0 Å². The number of hydrogen-bond acceptors (Lipinski definition) is 7. The largest absolute Gasteiger partial charge is 0.368 e. The van der Waals surface area contributed by atoms with Crippen molar-refractivity contribution in [3.8, 4) is 0 Å². The summed E-state index contributed by atoms with van der Waals surface area (Å²) in [7, 11) is 0. The van der Waals surface area contributed by atoms with Gasteiger partial charge < -0.3 is 37.6 Å². The van der Waals surface area contributed by atoms with Crippen molar-refractivity contribution in [1.82, 2.24) is 31.9 Å². The molecule has 14 heteroatoms. The van der Waals surface area contributed by atoms with E-state index in [1.165, 1.54) is 13.8 Å². The number of primary amides is 1. The van der Waals surface area contributed by atoms with Crippen LogP contribution in [0.15, 0.2) is 30.3 Å². The maximum atomic E-state index is 12.9. The molecule has 8 N–H and O–H groups in total. The number of carbonyl (C=O) groups excluding carboxylic acids is 7. The maximum absolute atomic E-state index is 12.9. The maximum Gasteiger partial charge on any atom is 0.243 e. The SMILES string of the molecule is CC(=O)NCC(=O)NCC(=O)N[C@@H](Cc1ccccc1)C(=O)N[C@@H](C)C(=O)NCC(=O)NCC(N)=O. The summed E-state index contributed by atoms with van der Waals surface area (Å²) in [6.45, 7) is 1.08. The molecule has 0 aromatic heterocycles. The van der Waals surface area contributed by atoms with Gasteiger partial charge in [0.15, 0.2) is 0 Å². The summed E-state index contributed by atoms with van der Waals surface area (Å²) >= 11 is 0. The molecule has 0 spiro atoms. The summed E-state index contributed by atoms with van der Waals surface area (Å²) in [4.78, 5) is 82.3. The van der Waals surface area contributed by atoms with Crippen molar-refractivity contribution in [3.05, 3.63) is 35.9 Å². The lowest BCUT2D eigenvalue weighted by molar-refractivity contribution is -0.132. The first-order valence-electron chi connectivity index (χ1n) is 11.0. The number of nitrogens with one attached hydrogen (secondary N) is 6. The summed E-state index contributed by atoms with van der Waals surface area (Å²) < 4.78 is 0. The van der Waals surface area contributed by atoms with Crippen molar-refractivity contribution in [2.75, 3.05) is 26.2 Å². The molecule has 14 nitrogen and oxygen atoms in total. The third-order valence-corrected chi connectivity index (χ3v) is 4.51. The molecule has 0 heterocycles. The highest BCUT2D eigenvalue weighted by Crippen LogP contribution is 2.04. The predicted octanol–water partition coefficient (Wildman–Crippen LogP) is -3.81. The molecule has 1 aromatic rings. The van der Waals surface area contributed by atoms with Crippen molar-refractivity contribution in [1.29, 1.82) is 0 Å². The molecule has 7 amide bonds. The lowest BCUT2D eigenvalue weighted by Crippen LogP contribution is -2.55. The van der Waals surface area contributed by atoms with Crippen molar-refractivity contribution in [2.24, 2.45) is 5.73 Å². The summed E-state index contributed by atoms with van der Waals surface area (Å²) in [6.07, 6.45) is 0.0993. The average molecular weight is 506 g/mol. The van der Waals surface area contributed by atoms with Crippen LogP contribution in [0.2, 0.25) is 0 Å². The van der Waals surface area contributed by atoms with Gasteiger partial charge in [-0.1, -0.05) is 30.3 Å². The minimum atomic E-state index is -1.08. The van der Waals surface area contributed by atoms with Gasteiger partial charge in [0.05, 0.1) is 26.2 Å². The van der Waals surface area contributed by atoms with Crippen LogP contribution in [0.1, 0.15) is 19.4 Å². The quantitative estimate of drug-likeness (QED) is 0.133. The zero-order valence-electron chi connectivity index (χ0n) is 20.0. The lowest BCUT2D eigenvalue weighted by Gasteiger charge is -2.21. The molecule has 196 valence electrons. The number of rotatable bonds is 14. The molecule has 36 heavy (non-hydrogen) atoms. The summed E-state index contributed by atoms with van der Waals surface area (Å²) in [5.74, 6) is -4.38. The highest BCUT2D eigenvalue weighted by atomic mass is 16.2. The molecular weight excluding hydrogens is 474 g/mol. The first kappa shape index (κ1) is 29.5. The molecule has 2 atom stereocenters. The number of amides is 7. The first-order chi connectivity index (χ1) is 17.0. The van der Waals surface area contributed by atoms with Crippen LogP contribution < -0.4 is 37.6 Å². The standard InChI is InChI=1S/C22H31N7O7/c1-13(21(35)27-11-19(33)25-9-17(23)31)28-22(36)16(8-15-6-4-3-5-7-15)29-20(34)12-26-18(32)10-24-14(2)30/h3-7,13,16H,8-12H2,1-2H3,(H2,23,31)(H,24,30)(H,25,33)(H,26,32)(H,27,35)(H,28,36)(H,29,34)/t13-,16-/m0/s1. The van der Waals surface area contributed by atoms with E-state index < -0.39 is 66.5 Å². The van der Waals surface area contributed by atoms with Gasteiger partial charge >= 0.3 is 0 Å². The molecular formula is C22H31N7O7. The van der Waals surface area contributed by atoms with Crippen molar-refractivity contribution >= 4 is 41.4 Å². The van der Waals surface area contributed by atoms with Crippen LogP contribution in [0.5, 0.6) is 0 Å². The molecule has 0 aliphatic rings. The van der Waals surface area contributed by atoms with Crippen LogP contribution in [0.25, 0.3) is 0 Å². The van der Waals surface area contributed by atoms with E-state index in [0.717, 1.165) is 5.56 Å². The van der Waals surface area contributed by atoms with Crippen LogP contribution in [-0.2, 0) is 40.0 Å². The second kappa shape index (κ2) is 15.4. The Labute approximate surface area is 207 Å². The van der Waals surface area contributed by atoms with E-state index in [9.17, 15) is 33.6 Å². The minimum absolute atomic E-state index is 0.0993. The number of benzene rings is 1. The van der Waals surface area contributed by atoms with Gasteiger partial charge in [0.1, 0.15) is 12.1 Å². The molecule has 0 aliphatic heterocycles. The Balaban J connectivity index is 2.69. The van der Waals surface area contributed by atoms with Crippen molar-refractivity contribution in [3.63, 3.8) is 0 Å². The fourth-order valence-electron chi connectivity index (χ4n) is 2.70. The zero-order valence-corrected chi connectivity index (χ0v) is 20.0. The Morgan fingerprint density at radius 2 is 1.28 bits per heavy atom. The minimum Gasteiger partial charge on any atom is -0.368 e. The van der Waals surface area contributed by atoms with E-state index in [0.29, 0.717) is 0 Å². The molecule has 0 saturated heterocycles. The third kappa shape index (κ3) is 12.7. The Morgan fingerprint density at radius 1 is 0.722 bits per heavy atom. The monoisotopic (exact) mass is 505 g/mol. The molecule has 1 rings (SSSR count). The van der Waals surface area contributed by atoms with Crippen molar-refractivity contribution in [2.45, 2.75) is 32.4 Å². The lowest BCUT2D eigenvalue weighted by atomic mass is 10.0. The Morgan fingerprint density at radius 3 is 1.86 bits per heavy atom. The van der Waals surface area contributed by atoms with Gasteiger partial charge in [0, 0.05) is 13.3 Å². The molecule has 1 aromatic carbocycles. The Kier molecular flexibility index (Phi) is 12.7. The van der Waals surface area contributed by atoms with Crippen LogP contribution in [0.4, 0.5) is 0 Å². The topological polar surface area (TPSA) is 218 Å². The first-order valence-corrected chi connectivity index (χ1v) is 11.0. The van der Waals surface area contributed by atoms with Gasteiger partial charge in [-0.25, -0.2) is 0 Å². The molecule has 0 bridgehead atoms. The molecule has 0 aliphatic carbocycles. The number of carbonyl (C=O) groups is 7. The van der Waals surface area contributed by atoms with Crippen LogP contribution >= 0.6 is 0 Å². The van der Waals surface area contributed by atoms with Crippen molar-refractivity contribution < 1.29 is 33.6 Å². The molecule has 0 saturated carbocycles. The van der Waals surface area contributed by atoms with Crippen LogP contribution in [-0.4, -0.2) is 79.6 Å². The van der Waals surface area contributed by atoms with E-state index in [4.69, 9.17) is 5.73 Å². The fraction of sp³-hybridized carbons (Fsp3) is 0.409. The second-order valence-electron chi connectivity index (χ2n) is 7.69. The molecule has 0 unspecified atom stereocenters. The van der Waals surface area contributed by atoms with E-state index in [-0.39, 0.29) is 19.5 Å². The van der Waals surface area contributed by atoms with Gasteiger partial charge in [0.2, 0.25) is 41.4 Å². The number of nitrogens with two attached hydrogens (primary N) is 1. The van der Waals surface area contributed by atoms with E-state index in [2.05, 4.69) is 31.9 Å². The Bertz CT molecular complexity index is 969. The summed E-state index contributed by atoms with van der Waals surface area (Å²) in [6, 6.07) is 6.66. The van der Waals surface area contributed by atoms with E-state index in [1.807, 2.05) is 0 Å². The van der Waals surface area contributed by atoms with Gasteiger partial charge in [-0.05, 0) is 12.5 Å². The van der Waals surface area contributed by atoms with E-state index >= 15 is 0 Å². The normalized spacial score (nSPS) is 11.7. The smallest absolute Gasteiger partial charge is 0.243 e. The van der Waals surface area contributed by atoms with E-state index in [1.54, 1.807) is 30.3 Å². The second-order valence-corrected chi connectivity index (χ2v) is 7.69. The highest BCUT2D eigenvalue weighted by molar-refractivity contribution is 5.94. The zero-order chi connectivity index (χ0) is 27.1. The highest BCUT2D eigenvalue weighted by Gasteiger charge is 2.25. The average Bonchev–Trinajstić information content (AvgIpc) is 2.83. The van der Waals surface area contributed by atoms with Gasteiger partial charge in [-0.15, -0.1) is 0 Å². The van der Waals surface area contributed by atoms with Gasteiger partial charge in [0.25, 0.3) is 0 Å². The van der Waals surface area contributed by atoms with Crippen LogP contribution in [0.3, 0.4) is 0 Å². The molecule has 0 fully saturated rings. The fourth-order valence-corrected chi connectivity index (χ4v) is 2.70. The Hall–Kier alpha value is -4.49. The van der Waals surface area contributed by atoms with Gasteiger partial charge in [-0.2, -0.15) is 0 Å². The number of hydrogen-bond donors (Lipinski definition) is 7. The molecule has 0 radical (unpaired) electrons. The summed E-state index contributed by atoms with van der Waals surface area (Å²) in [5.41, 5.74) is 5.65. The third-order valence-electron chi connectivity index (χ3n) is 4.51. The predicted molar refractivity (Wildman–Crippen MR) is 127 cm³/mol.